The largest absolute Gasteiger partial charge is 0.480 e. The van der Waals surface area contributed by atoms with E-state index in [-0.39, 0.29) is 11.6 Å². The molecule has 6 nitrogen and oxygen atoms in total. The zero-order chi connectivity index (χ0) is 14.5. The van der Waals surface area contributed by atoms with Crippen molar-refractivity contribution >= 4 is 17.7 Å². The maximum atomic E-state index is 12.8. The first kappa shape index (κ1) is 14.5. The molecule has 0 spiro atoms. The minimum Gasteiger partial charge on any atom is -0.480 e. The number of rotatable bonds is 6. The molecule has 0 saturated heterocycles. The van der Waals surface area contributed by atoms with Crippen molar-refractivity contribution in [3.63, 3.8) is 0 Å². The lowest BCUT2D eigenvalue weighted by molar-refractivity contribution is -0.137. The van der Waals surface area contributed by atoms with Gasteiger partial charge in [-0.05, 0) is 24.3 Å². The fraction of sp³-hybridized carbons (Fsp3) is 0.250. The van der Waals surface area contributed by atoms with Crippen LogP contribution in [0.5, 0.6) is 0 Å². The summed E-state index contributed by atoms with van der Waals surface area (Å²) >= 11 is 1.30. The Bertz CT molecular complexity index is 588. The van der Waals surface area contributed by atoms with Crippen LogP contribution in [0.4, 0.5) is 4.39 Å². The van der Waals surface area contributed by atoms with Gasteiger partial charge in [-0.1, -0.05) is 5.16 Å². The van der Waals surface area contributed by atoms with Crippen LogP contribution < -0.4 is 5.73 Å². The van der Waals surface area contributed by atoms with Crippen molar-refractivity contribution in [2.75, 3.05) is 5.75 Å². The molecule has 0 aliphatic carbocycles. The summed E-state index contributed by atoms with van der Waals surface area (Å²) in [4.78, 5) is 14.7. The van der Waals surface area contributed by atoms with Gasteiger partial charge >= 0.3 is 5.97 Å². The van der Waals surface area contributed by atoms with Crippen LogP contribution in [0.1, 0.15) is 5.82 Å². The number of aliphatic carboxylic acids is 1. The van der Waals surface area contributed by atoms with Crippen molar-refractivity contribution in [2.45, 2.75) is 11.8 Å². The molecule has 8 heteroatoms. The van der Waals surface area contributed by atoms with Crippen LogP contribution in [0.3, 0.4) is 0 Å². The van der Waals surface area contributed by atoms with Crippen molar-refractivity contribution in [3.8, 4) is 11.5 Å². The minimum atomic E-state index is -1.04. The van der Waals surface area contributed by atoms with Gasteiger partial charge < -0.3 is 15.4 Å². The van der Waals surface area contributed by atoms with E-state index in [1.807, 2.05) is 0 Å². The number of hydrogen-bond acceptors (Lipinski definition) is 6. The summed E-state index contributed by atoms with van der Waals surface area (Å²) in [5, 5.41) is 12.4. The van der Waals surface area contributed by atoms with E-state index < -0.39 is 12.0 Å². The van der Waals surface area contributed by atoms with Crippen molar-refractivity contribution in [3.05, 3.63) is 35.9 Å². The van der Waals surface area contributed by atoms with E-state index in [0.717, 1.165) is 0 Å². The third kappa shape index (κ3) is 3.78. The molecular weight excluding hydrogens is 285 g/mol. The van der Waals surface area contributed by atoms with E-state index in [1.165, 1.54) is 23.9 Å². The van der Waals surface area contributed by atoms with Crippen molar-refractivity contribution in [2.24, 2.45) is 5.73 Å². The molecule has 1 aromatic heterocycles. The summed E-state index contributed by atoms with van der Waals surface area (Å²) in [7, 11) is 0. The molecule has 0 radical (unpaired) electrons. The number of carbonyl (C=O) groups is 1. The highest BCUT2D eigenvalue weighted by Gasteiger charge is 2.13. The zero-order valence-electron chi connectivity index (χ0n) is 10.3. The zero-order valence-corrected chi connectivity index (χ0v) is 11.1. The number of aromatic nitrogens is 2. The van der Waals surface area contributed by atoms with Gasteiger partial charge in [0.25, 0.3) is 5.89 Å². The maximum Gasteiger partial charge on any atom is 0.321 e. The standard InChI is InChI=1S/C12H12FN3O3S/c13-8-3-1-7(2-4-8)11-15-10(16-19-11)6-20-5-9(14)12(17)18/h1-4,9H,5-6,14H2,(H,17,18)/t9-/m0/s1. The van der Waals surface area contributed by atoms with Gasteiger partial charge in [0.15, 0.2) is 5.82 Å². The van der Waals surface area contributed by atoms with E-state index in [2.05, 4.69) is 10.1 Å². The molecule has 3 N–H and O–H groups in total. The van der Waals surface area contributed by atoms with E-state index in [1.54, 1.807) is 12.1 Å². The van der Waals surface area contributed by atoms with Crippen LogP contribution in [-0.2, 0) is 10.5 Å². The molecule has 1 heterocycles. The predicted octanol–water partition coefficient (Wildman–Crippen LogP) is 1.52. The summed E-state index contributed by atoms with van der Waals surface area (Å²) in [6.45, 7) is 0. The third-order valence-corrected chi connectivity index (χ3v) is 3.46. The lowest BCUT2D eigenvalue weighted by Crippen LogP contribution is -2.32. The Morgan fingerprint density at radius 3 is 2.80 bits per heavy atom. The number of carboxylic acid groups (broad SMARTS) is 1. The molecule has 106 valence electrons. The van der Waals surface area contributed by atoms with Crippen molar-refractivity contribution in [1.82, 2.24) is 10.1 Å². The summed E-state index contributed by atoms with van der Waals surface area (Å²) in [5.41, 5.74) is 5.99. The molecule has 1 atom stereocenters. The van der Waals surface area contributed by atoms with E-state index in [9.17, 15) is 9.18 Å². The quantitative estimate of drug-likeness (QED) is 0.833. The lowest BCUT2D eigenvalue weighted by Gasteiger charge is -2.03. The van der Waals surface area contributed by atoms with E-state index in [4.69, 9.17) is 15.4 Å². The Labute approximate surface area is 118 Å². The summed E-state index contributed by atoms with van der Waals surface area (Å²) in [6.07, 6.45) is 0. The topological polar surface area (TPSA) is 102 Å². The van der Waals surface area contributed by atoms with Gasteiger partial charge in [0.1, 0.15) is 11.9 Å². The van der Waals surface area contributed by atoms with Crippen LogP contribution in [0.2, 0.25) is 0 Å². The number of hydrogen-bond donors (Lipinski definition) is 2. The average molecular weight is 297 g/mol. The van der Waals surface area contributed by atoms with Gasteiger partial charge in [-0.3, -0.25) is 4.79 Å². The van der Waals surface area contributed by atoms with Gasteiger partial charge in [0, 0.05) is 11.3 Å². The Morgan fingerprint density at radius 1 is 1.45 bits per heavy atom. The molecule has 0 saturated carbocycles. The highest BCUT2D eigenvalue weighted by atomic mass is 32.2. The summed E-state index contributed by atoms with van der Waals surface area (Å²) < 4.78 is 17.8. The molecule has 2 aromatic rings. The first-order valence-electron chi connectivity index (χ1n) is 5.71. The van der Waals surface area contributed by atoms with Crippen LogP contribution in [0, 0.1) is 5.82 Å². The van der Waals surface area contributed by atoms with Gasteiger partial charge in [-0.2, -0.15) is 16.7 Å². The van der Waals surface area contributed by atoms with Crippen LogP contribution in [0.15, 0.2) is 28.8 Å². The number of halogens is 1. The second kappa shape index (κ2) is 6.49. The molecular formula is C12H12FN3O3S. The molecule has 2 rings (SSSR count). The number of thioether (sulfide) groups is 1. The predicted molar refractivity (Wildman–Crippen MR) is 71.5 cm³/mol. The fourth-order valence-electron chi connectivity index (χ4n) is 1.37. The number of nitrogens with zero attached hydrogens (tertiary/aromatic N) is 2. The Kier molecular flexibility index (Phi) is 4.70. The molecule has 0 aliphatic heterocycles. The summed E-state index contributed by atoms with van der Waals surface area (Å²) in [6, 6.07) is 4.78. The third-order valence-electron chi connectivity index (χ3n) is 2.41. The second-order valence-electron chi connectivity index (χ2n) is 3.98. The lowest BCUT2D eigenvalue weighted by atomic mass is 10.2. The highest BCUT2D eigenvalue weighted by molar-refractivity contribution is 7.98. The Morgan fingerprint density at radius 2 is 2.15 bits per heavy atom. The smallest absolute Gasteiger partial charge is 0.321 e. The molecule has 0 fully saturated rings. The van der Waals surface area contributed by atoms with Crippen molar-refractivity contribution < 1.29 is 18.8 Å². The Hall–Kier alpha value is -1.93. The maximum absolute atomic E-state index is 12.8. The van der Waals surface area contributed by atoms with Gasteiger partial charge in [0.2, 0.25) is 0 Å². The SMILES string of the molecule is N[C@@H](CSCc1noc(-c2ccc(F)cc2)n1)C(=O)O. The molecule has 20 heavy (non-hydrogen) atoms. The number of nitrogens with two attached hydrogens (primary N) is 1. The number of benzene rings is 1. The normalized spacial score (nSPS) is 12.3. The van der Waals surface area contributed by atoms with Gasteiger partial charge in [-0.15, -0.1) is 0 Å². The van der Waals surface area contributed by atoms with Crippen molar-refractivity contribution in [1.29, 1.82) is 0 Å². The monoisotopic (exact) mass is 297 g/mol. The molecule has 0 bridgehead atoms. The van der Waals surface area contributed by atoms with Crippen LogP contribution >= 0.6 is 11.8 Å². The fourth-order valence-corrected chi connectivity index (χ4v) is 2.18. The first-order valence-corrected chi connectivity index (χ1v) is 6.86. The molecule has 0 amide bonds. The van der Waals surface area contributed by atoms with Crippen LogP contribution in [-0.4, -0.2) is 33.0 Å². The number of carboxylic acids is 1. The highest BCUT2D eigenvalue weighted by Crippen LogP contribution is 2.19. The molecule has 0 unspecified atom stereocenters. The summed E-state index contributed by atoms with van der Waals surface area (Å²) in [5.74, 6) is 0.000828. The van der Waals surface area contributed by atoms with Gasteiger partial charge in [0.05, 0.1) is 5.75 Å². The minimum absolute atomic E-state index is 0.260. The first-order chi connectivity index (χ1) is 9.56. The van der Waals surface area contributed by atoms with Crippen LogP contribution in [0.25, 0.3) is 11.5 Å². The second-order valence-corrected chi connectivity index (χ2v) is 5.01. The molecule has 1 aromatic carbocycles. The Balaban J connectivity index is 1.92. The van der Waals surface area contributed by atoms with Gasteiger partial charge in [-0.25, -0.2) is 4.39 Å². The molecule has 0 aliphatic rings. The average Bonchev–Trinajstić information content (AvgIpc) is 2.88. The van der Waals surface area contributed by atoms with E-state index in [0.29, 0.717) is 23.0 Å². The van der Waals surface area contributed by atoms with E-state index >= 15 is 0 Å².